The van der Waals surface area contributed by atoms with Gasteiger partial charge in [0.25, 0.3) is 5.89 Å². The minimum absolute atomic E-state index is 0.148. The highest BCUT2D eigenvalue weighted by Gasteiger charge is 2.25. The smallest absolute Gasteiger partial charge is 0.252 e. The van der Waals surface area contributed by atoms with Gasteiger partial charge in [0.2, 0.25) is 0 Å². The highest BCUT2D eigenvalue weighted by atomic mass is 16.5. The first kappa shape index (κ1) is 11.5. The zero-order valence-electron chi connectivity index (χ0n) is 9.85. The van der Waals surface area contributed by atoms with Gasteiger partial charge >= 0.3 is 0 Å². The molecule has 5 nitrogen and oxygen atoms in total. The SMILES string of the molecule is CC(C)c1noc(COC2CCCC2N)n1. The molecule has 1 heterocycles. The van der Waals surface area contributed by atoms with Crippen LogP contribution in [0.3, 0.4) is 0 Å². The fourth-order valence-corrected chi connectivity index (χ4v) is 1.90. The Kier molecular flexibility index (Phi) is 3.56. The molecule has 1 aliphatic carbocycles. The minimum Gasteiger partial charge on any atom is -0.367 e. The van der Waals surface area contributed by atoms with Gasteiger partial charge < -0.3 is 15.0 Å². The Morgan fingerprint density at radius 3 is 2.88 bits per heavy atom. The first-order chi connectivity index (χ1) is 7.66. The molecule has 1 aromatic heterocycles. The summed E-state index contributed by atoms with van der Waals surface area (Å²) in [5, 5.41) is 3.88. The van der Waals surface area contributed by atoms with Gasteiger partial charge in [0.05, 0.1) is 6.10 Å². The maximum absolute atomic E-state index is 5.90. The highest BCUT2D eigenvalue weighted by Crippen LogP contribution is 2.21. The standard InChI is InChI=1S/C11H19N3O2/c1-7(2)11-13-10(16-14-11)6-15-9-5-3-4-8(9)12/h7-9H,3-6,12H2,1-2H3. The van der Waals surface area contributed by atoms with E-state index in [0.29, 0.717) is 12.5 Å². The van der Waals surface area contributed by atoms with Crippen LogP contribution in [0.4, 0.5) is 0 Å². The van der Waals surface area contributed by atoms with E-state index in [-0.39, 0.29) is 18.1 Å². The number of rotatable bonds is 4. The van der Waals surface area contributed by atoms with Gasteiger partial charge in [-0.1, -0.05) is 19.0 Å². The maximum atomic E-state index is 5.90. The van der Waals surface area contributed by atoms with Crippen molar-refractivity contribution in [3.63, 3.8) is 0 Å². The Morgan fingerprint density at radius 2 is 2.31 bits per heavy atom. The lowest BCUT2D eigenvalue weighted by Crippen LogP contribution is -2.31. The van der Waals surface area contributed by atoms with Crippen molar-refractivity contribution in [1.29, 1.82) is 0 Å². The average molecular weight is 225 g/mol. The molecule has 1 aromatic rings. The van der Waals surface area contributed by atoms with Crippen molar-refractivity contribution in [3.05, 3.63) is 11.7 Å². The first-order valence-electron chi connectivity index (χ1n) is 5.86. The van der Waals surface area contributed by atoms with E-state index in [9.17, 15) is 0 Å². The predicted octanol–water partition coefficient (Wildman–Crippen LogP) is 1.59. The summed E-state index contributed by atoms with van der Waals surface area (Å²) in [6.07, 6.45) is 3.37. The van der Waals surface area contributed by atoms with Crippen LogP contribution in [0, 0.1) is 0 Å². The van der Waals surface area contributed by atoms with Crippen LogP contribution < -0.4 is 5.73 Å². The van der Waals surface area contributed by atoms with Gasteiger partial charge in [0, 0.05) is 12.0 Å². The van der Waals surface area contributed by atoms with Crippen LogP contribution in [0.2, 0.25) is 0 Å². The molecule has 1 fully saturated rings. The predicted molar refractivity (Wildman–Crippen MR) is 58.8 cm³/mol. The summed E-state index contributed by atoms with van der Waals surface area (Å²) < 4.78 is 10.8. The Balaban J connectivity index is 1.84. The molecule has 2 rings (SSSR count). The second-order valence-corrected chi connectivity index (χ2v) is 4.65. The number of aromatic nitrogens is 2. The van der Waals surface area contributed by atoms with Crippen molar-refractivity contribution in [1.82, 2.24) is 10.1 Å². The number of nitrogens with two attached hydrogens (primary N) is 1. The maximum Gasteiger partial charge on any atom is 0.252 e. The van der Waals surface area contributed by atoms with E-state index in [1.165, 1.54) is 0 Å². The molecule has 2 atom stereocenters. The molecule has 90 valence electrons. The van der Waals surface area contributed by atoms with Gasteiger partial charge in [0.1, 0.15) is 6.61 Å². The molecule has 0 saturated heterocycles. The second kappa shape index (κ2) is 4.93. The van der Waals surface area contributed by atoms with Crippen molar-refractivity contribution in [2.75, 3.05) is 0 Å². The van der Waals surface area contributed by atoms with Gasteiger partial charge in [-0.15, -0.1) is 0 Å². The summed E-state index contributed by atoms with van der Waals surface area (Å²) in [6.45, 7) is 4.43. The van der Waals surface area contributed by atoms with Gasteiger partial charge in [-0.05, 0) is 19.3 Å². The lowest BCUT2D eigenvalue weighted by atomic mass is 10.2. The molecular weight excluding hydrogens is 206 g/mol. The lowest BCUT2D eigenvalue weighted by molar-refractivity contribution is 0.0216. The molecule has 0 bridgehead atoms. The van der Waals surface area contributed by atoms with Gasteiger partial charge in [-0.2, -0.15) is 4.98 Å². The summed E-state index contributed by atoms with van der Waals surface area (Å²) in [6, 6.07) is 0.160. The number of hydrogen-bond acceptors (Lipinski definition) is 5. The average Bonchev–Trinajstić information content (AvgIpc) is 2.83. The van der Waals surface area contributed by atoms with Crippen LogP contribution in [-0.2, 0) is 11.3 Å². The Labute approximate surface area is 95.3 Å². The molecule has 0 radical (unpaired) electrons. The number of nitrogens with zero attached hydrogens (tertiary/aromatic N) is 2. The van der Waals surface area contributed by atoms with Gasteiger partial charge in [-0.3, -0.25) is 0 Å². The first-order valence-corrected chi connectivity index (χ1v) is 5.86. The van der Waals surface area contributed by atoms with E-state index in [4.69, 9.17) is 15.0 Å². The monoisotopic (exact) mass is 225 g/mol. The molecule has 0 amide bonds. The number of ether oxygens (including phenoxy) is 1. The van der Waals surface area contributed by atoms with E-state index < -0.39 is 0 Å². The van der Waals surface area contributed by atoms with E-state index in [1.54, 1.807) is 0 Å². The van der Waals surface area contributed by atoms with Crippen molar-refractivity contribution in [3.8, 4) is 0 Å². The third kappa shape index (κ3) is 2.59. The molecule has 2 unspecified atom stereocenters. The molecule has 1 saturated carbocycles. The van der Waals surface area contributed by atoms with E-state index >= 15 is 0 Å². The Hall–Kier alpha value is -0.940. The molecule has 1 aliphatic rings. The molecule has 2 N–H and O–H groups in total. The molecule has 0 aliphatic heterocycles. The summed E-state index contributed by atoms with van der Waals surface area (Å²) in [7, 11) is 0. The lowest BCUT2D eigenvalue weighted by Gasteiger charge is -2.14. The van der Waals surface area contributed by atoms with Crippen molar-refractivity contribution in [2.24, 2.45) is 5.73 Å². The third-order valence-corrected chi connectivity index (χ3v) is 2.92. The van der Waals surface area contributed by atoms with Crippen LogP contribution in [0.1, 0.15) is 50.7 Å². The van der Waals surface area contributed by atoms with Gasteiger partial charge in [0.15, 0.2) is 5.82 Å². The normalized spacial score (nSPS) is 25.5. The quantitative estimate of drug-likeness (QED) is 0.842. The summed E-state index contributed by atoms with van der Waals surface area (Å²) >= 11 is 0. The van der Waals surface area contributed by atoms with Crippen LogP contribution in [0.5, 0.6) is 0 Å². The van der Waals surface area contributed by atoms with Crippen molar-refractivity contribution < 1.29 is 9.26 Å². The highest BCUT2D eigenvalue weighted by molar-refractivity contribution is 4.91. The zero-order chi connectivity index (χ0) is 11.5. The molecule has 0 spiro atoms. The summed E-state index contributed by atoms with van der Waals surface area (Å²) in [5.74, 6) is 1.56. The molecule has 16 heavy (non-hydrogen) atoms. The Morgan fingerprint density at radius 1 is 1.50 bits per heavy atom. The van der Waals surface area contributed by atoms with E-state index in [1.807, 2.05) is 13.8 Å². The molecule has 0 aromatic carbocycles. The topological polar surface area (TPSA) is 74.2 Å². The van der Waals surface area contributed by atoms with Crippen LogP contribution in [0.25, 0.3) is 0 Å². The summed E-state index contributed by atoms with van der Waals surface area (Å²) in [5.41, 5.74) is 5.90. The van der Waals surface area contributed by atoms with Crippen LogP contribution in [-0.4, -0.2) is 22.3 Å². The fraction of sp³-hybridized carbons (Fsp3) is 0.818. The van der Waals surface area contributed by atoms with Crippen LogP contribution >= 0.6 is 0 Å². The van der Waals surface area contributed by atoms with Crippen molar-refractivity contribution >= 4 is 0 Å². The van der Waals surface area contributed by atoms with Crippen molar-refractivity contribution in [2.45, 2.75) is 57.8 Å². The van der Waals surface area contributed by atoms with E-state index in [2.05, 4.69) is 10.1 Å². The number of hydrogen-bond donors (Lipinski definition) is 1. The second-order valence-electron chi connectivity index (χ2n) is 4.65. The minimum atomic E-state index is 0.148. The van der Waals surface area contributed by atoms with Gasteiger partial charge in [-0.25, -0.2) is 0 Å². The fourth-order valence-electron chi connectivity index (χ4n) is 1.90. The van der Waals surface area contributed by atoms with Crippen LogP contribution in [0.15, 0.2) is 4.52 Å². The Bertz CT molecular complexity index is 338. The van der Waals surface area contributed by atoms with E-state index in [0.717, 1.165) is 25.1 Å². The molecular formula is C11H19N3O2. The zero-order valence-corrected chi connectivity index (χ0v) is 9.85. The third-order valence-electron chi connectivity index (χ3n) is 2.92. The molecule has 5 heteroatoms. The summed E-state index contributed by atoms with van der Waals surface area (Å²) in [4.78, 5) is 4.25. The largest absolute Gasteiger partial charge is 0.367 e.